The number of hydrogen-bond acceptors (Lipinski definition) is 4. The number of alkyl halides is 3. The van der Waals surface area contributed by atoms with E-state index in [1.807, 2.05) is 18.4 Å². The average molecular weight is 544 g/mol. The molecule has 0 aliphatic heterocycles. The van der Waals surface area contributed by atoms with Crippen LogP contribution in [0.5, 0.6) is 0 Å². The topological polar surface area (TPSA) is 81.1 Å². The number of fused-ring (bicyclic) bond motifs is 1. The first-order valence-corrected chi connectivity index (χ1v) is 13.8. The summed E-state index contributed by atoms with van der Waals surface area (Å²) in [4.78, 5) is 17.7. The lowest BCUT2D eigenvalue weighted by Gasteiger charge is -2.14. The number of nitrogens with zero attached hydrogens (tertiary/aromatic N) is 2. The average Bonchev–Trinajstić information content (AvgIpc) is 3.24. The van der Waals surface area contributed by atoms with Crippen LogP contribution in [0.3, 0.4) is 0 Å². The van der Waals surface area contributed by atoms with Crippen molar-refractivity contribution in [2.45, 2.75) is 50.9 Å². The number of amides is 1. The summed E-state index contributed by atoms with van der Waals surface area (Å²) in [7, 11) is -3.29. The quantitative estimate of drug-likeness (QED) is 0.298. The van der Waals surface area contributed by atoms with E-state index in [1.165, 1.54) is 18.2 Å². The first-order chi connectivity index (χ1) is 17.9. The Morgan fingerprint density at radius 2 is 1.71 bits per heavy atom. The third kappa shape index (κ3) is 5.91. The summed E-state index contributed by atoms with van der Waals surface area (Å²) < 4.78 is 65.4. The second kappa shape index (κ2) is 10.6. The lowest BCUT2D eigenvalue weighted by molar-refractivity contribution is -0.137. The Morgan fingerprint density at radius 3 is 2.34 bits per heavy atom. The van der Waals surface area contributed by atoms with Crippen molar-refractivity contribution in [2.75, 3.05) is 5.75 Å². The monoisotopic (exact) mass is 543 g/mol. The minimum absolute atomic E-state index is 0.0000282. The van der Waals surface area contributed by atoms with Crippen molar-refractivity contribution in [3.05, 3.63) is 94.8 Å². The smallest absolute Gasteiger partial charge is 0.348 e. The summed E-state index contributed by atoms with van der Waals surface area (Å²) in [5, 5.41) is 2.83. The second-order valence-corrected chi connectivity index (χ2v) is 11.6. The van der Waals surface area contributed by atoms with E-state index in [-0.39, 0.29) is 35.6 Å². The van der Waals surface area contributed by atoms with E-state index in [0.717, 1.165) is 23.2 Å². The van der Waals surface area contributed by atoms with Crippen molar-refractivity contribution >= 4 is 26.8 Å². The van der Waals surface area contributed by atoms with Gasteiger partial charge in [0, 0.05) is 24.6 Å². The predicted octanol–water partition coefficient (Wildman–Crippen LogP) is 5.95. The van der Waals surface area contributed by atoms with Gasteiger partial charge in [-0.05, 0) is 61.4 Å². The van der Waals surface area contributed by atoms with Gasteiger partial charge in [0.25, 0.3) is 5.91 Å². The molecule has 1 amide bonds. The van der Waals surface area contributed by atoms with Gasteiger partial charge in [-0.15, -0.1) is 0 Å². The molecule has 0 spiro atoms. The fourth-order valence-electron chi connectivity index (χ4n) is 4.30. The summed E-state index contributed by atoms with van der Waals surface area (Å²) >= 11 is 0. The number of sulfone groups is 1. The Hall–Kier alpha value is -3.66. The molecule has 6 nitrogen and oxygen atoms in total. The highest BCUT2D eigenvalue weighted by atomic mass is 32.2. The molecule has 38 heavy (non-hydrogen) atoms. The van der Waals surface area contributed by atoms with E-state index in [9.17, 15) is 26.4 Å². The summed E-state index contributed by atoms with van der Waals surface area (Å²) in [6.07, 6.45) is -4.21. The van der Waals surface area contributed by atoms with Gasteiger partial charge >= 0.3 is 6.18 Å². The van der Waals surface area contributed by atoms with E-state index in [4.69, 9.17) is 0 Å². The van der Waals surface area contributed by atoms with Gasteiger partial charge in [0.05, 0.1) is 27.2 Å². The minimum atomic E-state index is -4.42. The van der Waals surface area contributed by atoms with Crippen LogP contribution in [0.1, 0.15) is 59.7 Å². The Morgan fingerprint density at radius 1 is 1.00 bits per heavy atom. The van der Waals surface area contributed by atoms with Crippen LogP contribution in [0.4, 0.5) is 13.2 Å². The van der Waals surface area contributed by atoms with Gasteiger partial charge < -0.3 is 9.88 Å². The normalized spacial score (nSPS) is 12.3. The number of carbonyl (C=O) groups is 1. The first kappa shape index (κ1) is 27.4. The molecule has 0 radical (unpaired) electrons. The zero-order valence-corrected chi connectivity index (χ0v) is 22.0. The molecule has 0 unspecified atom stereocenters. The molecule has 0 bridgehead atoms. The maximum atomic E-state index is 13.2. The molecule has 200 valence electrons. The van der Waals surface area contributed by atoms with Crippen molar-refractivity contribution in [3.8, 4) is 0 Å². The highest BCUT2D eigenvalue weighted by Gasteiger charge is 2.30. The number of aromatic nitrogens is 2. The molecule has 0 aliphatic carbocycles. The third-order valence-electron chi connectivity index (χ3n) is 6.27. The highest BCUT2D eigenvalue weighted by molar-refractivity contribution is 7.91. The number of imidazole rings is 1. The standard InChI is InChI=1S/C28H28F3N3O3S/c1-4-38(36,37)23-11-8-19(9-12-23)17-32-27(35)21-10-13-25-24(16-21)33-26(34(25)18(2)3)15-20-6-5-7-22(14-20)28(29,30)31/h5-14,16,18H,4,15,17H2,1-3H3,(H,32,35). The third-order valence-corrected chi connectivity index (χ3v) is 8.02. The molecule has 0 fully saturated rings. The van der Waals surface area contributed by atoms with E-state index in [2.05, 4.69) is 10.3 Å². The zero-order chi connectivity index (χ0) is 27.7. The van der Waals surface area contributed by atoms with E-state index in [1.54, 1.807) is 43.3 Å². The zero-order valence-electron chi connectivity index (χ0n) is 21.2. The van der Waals surface area contributed by atoms with Gasteiger partial charge in [-0.25, -0.2) is 13.4 Å². The molecule has 0 saturated carbocycles. The number of nitrogens with one attached hydrogen (secondary N) is 1. The second-order valence-electron chi connectivity index (χ2n) is 9.30. The van der Waals surface area contributed by atoms with Crippen molar-refractivity contribution in [1.82, 2.24) is 14.9 Å². The molecular formula is C28H28F3N3O3S. The number of carbonyl (C=O) groups excluding carboxylic acids is 1. The molecule has 3 aromatic carbocycles. The Kier molecular flexibility index (Phi) is 7.64. The van der Waals surface area contributed by atoms with Crippen LogP contribution in [0.15, 0.2) is 71.6 Å². The number of halogens is 3. The van der Waals surface area contributed by atoms with Crippen molar-refractivity contribution in [1.29, 1.82) is 0 Å². The van der Waals surface area contributed by atoms with E-state index in [0.29, 0.717) is 22.5 Å². The fourth-order valence-corrected chi connectivity index (χ4v) is 5.18. The summed E-state index contributed by atoms with van der Waals surface area (Å²) in [6, 6.07) is 16.7. The van der Waals surface area contributed by atoms with Crippen molar-refractivity contribution in [2.24, 2.45) is 0 Å². The predicted molar refractivity (Wildman–Crippen MR) is 140 cm³/mol. The number of benzene rings is 3. The van der Waals surface area contributed by atoms with Gasteiger partial charge in [0.15, 0.2) is 9.84 Å². The largest absolute Gasteiger partial charge is 0.416 e. The molecule has 0 saturated heterocycles. The van der Waals surface area contributed by atoms with E-state index >= 15 is 0 Å². The molecular weight excluding hydrogens is 515 g/mol. The van der Waals surface area contributed by atoms with Crippen LogP contribution in [0.25, 0.3) is 11.0 Å². The summed E-state index contributed by atoms with van der Waals surface area (Å²) in [5.74, 6) is 0.296. The van der Waals surface area contributed by atoms with Crippen molar-refractivity contribution < 1.29 is 26.4 Å². The van der Waals surface area contributed by atoms with Gasteiger partial charge in [-0.2, -0.15) is 13.2 Å². The molecule has 4 rings (SSSR count). The van der Waals surface area contributed by atoms with Crippen LogP contribution < -0.4 is 5.32 Å². The lowest BCUT2D eigenvalue weighted by atomic mass is 10.1. The Balaban J connectivity index is 1.54. The molecule has 1 aromatic heterocycles. The number of hydrogen-bond donors (Lipinski definition) is 1. The fraction of sp³-hybridized carbons (Fsp3) is 0.286. The Bertz CT molecular complexity index is 1570. The van der Waals surface area contributed by atoms with Gasteiger partial charge in [0.2, 0.25) is 0 Å². The molecule has 0 aliphatic rings. The van der Waals surface area contributed by atoms with Gasteiger partial charge in [-0.3, -0.25) is 4.79 Å². The van der Waals surface area contributed by atoms with Crippen LogP contribution in [-0.2, 0) is 29.0 Å². The maximum Gasteiger partial charge on any atom is 0.416 e. The molecule has 1 heterocycles. The van der Waals surface area contributed by atoms with E-state index < -0.39 is 21.6 Å². The summed E-state index contributed by atoms with van der Waals surface area (Å²) in [6.45, 7) is 5.73. The number of rotatable bonds is 8. The summed E-state index contributed by atoms with van der Waals surface area (Å²) in [5.41, 5.74) is 2.29. The SMILES string of the molecule is CCS(=O)(=O)c1ccc(CNC(=O)c2ccc3c(c2)nc(Cc2cccc(C(F)(F)F)c2)n3C(C)C)cc1. The van der Waals surface area contributed by atoms with Crippen LogP contribution in [0.2, 0.25) is 0 Å². The minimum Gasteiger partial charge on any atom is -0.348 e. The van der Waals surface area contributed by atoms with Crippen LogP contribution >= 0.6 is 0 Å². The first-order valence-electron chi connectivity index (χ1n) is 12.2. The van der Waals surface area contributed by atoms with Crippen LogP contribution in [-0.4, -0.2) is 29.6 Å². The molecule has 0 atom stereocenters. The lowest BCUT2D eigenvalue weighted by Crippen LogP contribution is -2.22. The van der Waals surface area contributed by atoms with Crippen LogP contribution in [0, 0.1) is 0 Å². The Labute approximate surface area is 219 Å². The van der Waals surface area contributed by atoms with Crippen molar-refractivity contribution in [3.63, 3.8) is 0 Å². The molecule has 1 N–H and O–H groups in total. The van der Waals surface area contributed by atoms with Gasteiger partial charge in [-0.1, -0.05) is 37.3 Å². The van der Waals surface area contributed by atoms with Gasteiger partial charge in [0.1, 0.15) is 5.82 Å². The maximum absolute atomic E-state index is 13.2. The molecule has 4 aromatic rings. The highest BCUT2D eigenvalue weighted by Crippen LogP contribution is 2.31. The molecule has 10 heteroatoms.